The third-order valence-electron chi connectivity index (χ3n) is 4.25. The zero-order valence-corrected chi connectivity index (χ0v) is 13.8. The minimum atomic E-state index is -3.74. The monoisotopic (exact) mass is 342 g/mol. The quantitative estimate of drug-likeness (QED) is 0.717. The Morgan fingerprint density at radius 2 is 1.83 bits per heavy atom. The molecule has 4 rings (SSSR count). The fraction of sp³-hybridized carbons (Fsp3) is 0.167. The normalized spacial score (nSPS) is 14.2. The van der Waals surface area contributed by atoms with Gasteiger partial charge in [-0.15, -0.1) is 0 Å². The standard InChI is InChI=1S/C18H15FN2O2S/c1-12-2-3-13-11-14-8-9-21(18(14)20-17(13)10-12)24(22,23)16-6-4-15(19)5-7-16/h2-7,10-11H,8-9H2,1H3. The minimum absolute atomic E-state index is 0.0721. The van der Waals surface area contributed by atoms with E-state index in [4.69, 9.17) is 0 Å². The fourth-order valence-electron chi connectivity index (χ4n) is 3.01. The predicted octanol–water partition coefficient (Wildman–Crippen LogP) is 3.43. The van der Waals surface area contributed by atoms with Crippen LogP contribution in [0.15, 0.2) is 53.4 Å². The number of halogens is 1. The first-order chi connectivity index (χ1) is 11.4. The van der Waals surface area contributed by atoms with E-state index in [2.05, 4.69) is 4.98 Å². The number of rotatable bonds is 2. The number of nitrogens with zero attached hydrogens (tertiary/aromatic N) is 2. The molecule has 3 aromatic rings. The second kappa shape index (κ2) is 5.27. The molecule has 1 aliphatic heterocycles. The first kappa shape index (κ1) is 15.1. The van der Waals surface area contributed by atoms with Crippen molar-refractivity contribution in [2.75, 3.05) is 10.8 Å². The maximum atomic E-state index is 13.1. The van der Waals surface area contributed by atoms with Crippen LogP contribution in [0, 0.1) is 12.7 Å². The van der Waals surface area contributed by atoms with Crippen LogP contribution in [-0.2, 0) is 16.4 Å². The summed E-state index contributed by atoms with van der Waals surface area (Å²) in [6, 6.07) is 12.8. The van der Waals surface area contributed by atoms with Gasteiger partial charge in [-0.2, -0.15) is 0 Å². The van der Waals surface area contributed by atoms with Gasteiger partial charge in [0.05, 0.1) is 10.4 Å². The van der Waals surface area contributed by atoms with E-state index in [0.717, 1.165) is 34.2 Å². The lowest BCUT2D eigenvalue weighted by molar-refractivity contribution is 0.591. The average Bonchev–Trinajstić information content (AvgIpc) is 2.96. The van der Waals surface area contributed by atoms with Crippen LogP contribution in [0.3, 0.4) is 0 Å². The van der Waals surface area contributed by atoms with Crippen LogP contribution < -0.4 is 4.31 Å². The Morgan fingerprint density at radius 3 is 2.58 bits per heavy atom. The van der Waals surface area contributed by atoms with Gasteiger partial charge in [-0.05, 0) is 60.9 Å². The van der Waals surface area contributed by atoms with Gasteiger partial charge in [-0.25, -0.2) is 22.1 Å². The number of pyridine rings is 1. The van der Waals surface area contributed by atoms with Crippen LogP contribution in [0.5, 0.6) is 0 Å². The maximum Gasteiger partial charge on any atom is 0.265 e. The zero-order valence-electron chi connectivity index (χ0n) is 13.0. The fourth-order valence-corrected chi connectivity index (χ4v) is 4.46. The molecule has 2 aromatic carbocycles. The molecule has 0 atom stereocenters. The molecule has 0 fully saturated rings. The van der Waals surface area contributed by atoms with Gasteiger partial charge in [0.25, 0.3) is 10.0 Å². The van der Waals surface area contributed by atoms with Crippen molar-refractivity contribution in [1.82, 2.24) is 4.98 Å². The van der Waals surface area contributed by atoms with Crippen LogP contribution >= 0.6 is 0 Å². The smallest absolute Gasteiger partial charge is 0.249 e. The molecule has 2 heterocycles. The Morgan fingerprint density at radius 1 is 1.08 bits per heavy atom. The summed E-state index contributed by atoms with van der Waals surface area (Å²) < 4.78 is 40.1. The highest BCUT2D eigenvalue weighted by molar-refractivity contribution is 7.92. The third-order valence-corrected chi connectivity index (χ3v) is 6.06. The summed E-state index contributed by atoms with van der Waals surface area (Å²) in [7, 11) is -3.74. The number of hydrogen-bond acceptors (Lipinski definition) is 3. The van der Waals surface area contributed by atoms with Crippen LogP contribution in [0.4, 0.5) is 10.2 Å². The van der Waals surface area contributed by atoms with E-state index in [0.29, 0.717) is 18.8 Å². The summed E-state index contributed by atoms with van der Waals surface area (Å²) >= 11 is 0. The maximum absolute atomic E-state index is 13.1. The molecule has 1 aromatic heterocycles. The van der Waals surface area contributed by atoms with E-state index in [1.165, 1.54) is 16.4 Å². The molecule has 122 valence electrons. The molecule has 1 aliphatic rings. The molecular weight excluding hydrogens is 327 g/mol. The summed E-state index contributed by atoms with van der Waals surface area (Å²) in [5.74, 6) is 0.00721. The summed E-state index contributed by atoms with van der Waals surface area (Å²) in [5.41, 5.74) is 2.76. The molecule has 0 bridgehead atoms. The minimum Gasteiger partial charge on any atom is -0.249 e. The van der Waals surface area contributed by atoms with Crippen LogP contribution in [-0.4, -0.2) is 19.9 Å². The van der Waals surface area contributed by atoms with Gasteiger partial charge < -0.3 is 0 Å². The molecule has 24 heavy (non-hydrogen) atoms. The summed E-state index contributed by atoms with van der Waals surface area (Å²) in [6.07, 6.45) is 0.618. The first-order valence-corrected chi connectivity index (χ1v) is 9.08. The molecule has 0 unspecified atom stereocenters. The van der Waals surface area contributed by atoms with Crippen molar-refractivity contribution in [2.45, 2.75) is 18.2 Å². The van der Waals surface area contributed by atoms with Crippen molar-refractivity contribution in [2.24, 2.45) is 0 Å². The number of aryl methyl sites for hydroxylation is 1. The second-order valence-electron chi connectivity index (χ2n) is 5.95. The molecule has 0 aliphatic carbocycles. The van der Waals surface area contributed by atoms with Gasteiger partial charge in [0, 0.05) is 11.9 Å². The van der Waals surface area contributed by atoms with Gasteiger partial charge in [0.2, 0.25) is 0 Å². The van der Waals surface area contributed by atoms with Crippen LogP contribution in [0.2, 0.25) is 0 Å². The number of aromatic nitrogens is 1. The van der Waals surface area contributed by atoms with E-state index in [1.807, 2.05) is 31.2 Å². The second-order valence-corrected chi connectivity index (χ2v) is 7.81. The lowest BCUT2D eigenvalue weighted by Gasteiger charge is -2.19. The molecule has 0 N–H and O–H groups in total. The average molecular weight is 342 g/mol. The van der Waals surface area contributed by atoms with Gasteiger partial charge in [0.1, 0.15) is 11.6 Å². The van der Waals surface area contributed by atoms with E-state index in [9.17, 15) is 12.8 Å². The molecule has 0 saturated carbocycles. The molecule has 0 spiro atoms. The van der Waals surface area contributed by atoms with E-state index >= 15 is 0 Å². The molecule has 0 amide bonds. The summed E-state index contributed by atoms with van der Waals surface area (Å²) in [6.45, 7) is 2.32. The van der Waals surface area contributed by atoms with Crippen LogP contribution in [0.25, 0.3) is 10.9 Å². The zero-order chi connectivity index (χ0) is 16.9. The predicted molar refractivity (Wildman–Crippen MR) is 91.1 cm³/mol. The number of benzene rings is 2. The summed E-state index contributed by atoms with van der Waals surface area (Å²) in [4.78, 5) is 4.65. The van der Waals surface area contributed by atoms with E-state index < -0.39 is 15.8 Å². The number of hydrogen-bond donors (Lipinski definition) is 0. The lowest BCUT2D eigenvalue weighted by Crippen LogP contribution is -2.29. The van der Waals surface area contributed by atoms with Gasteiger partial charge >= 0.3 is 0 Å². The highest BCUT2D eigenvalue weighted by Gasteiger charge is 2.32. The van der Waals surface area contributed by atoms with Gasteiger partial charge in [-0.1, -0.05) is 12.1 Å². The van der Waals surface area contributed by atoms with Crippen molar-refractivity contribution < 1.29 is 12.8 Å². The topological polar surface area (TPSA) is 50.3 Å². The highest BCUT2D eigenvalue weighted by Crippen LogP contribution is 2.33. The summed E-state index contributed by atoms with van der Waals surface area (Å²) in [5, 5.41) is 1.00. The van der Waals surface area contributed by atoms with Gasteiger partial charge in [0.15, 0.2) is 0 Å². The molecule has 4 nitrogen and oxygen atoms in total. The Labute approximate surface area is 139 Å². The molecule has 0 radical (unpaired) electrons. The number of sulfonamides is 1. The van der Waals surface area contributed by atoms with Crippen molar-refractivity contribution in [3.05, 3.63) is 65.5 Å². The SMILES string of the molecule is Cc1ccc2cc3c(nc2c1)N(S(=O)(=O)c1ccc(F)cc1)CC3. The Kier molecular flexibility index (Phi) is 3.31. The Bertz CT molecular complexity index is 1050. The molecule has 6 heteroatoms. The van der Waals surface area contributed by atoms with Crippen molar-refractivity contribution in [1.29, 1.82) is 0 Å². The van der Waals surface area contributed by atoms with E-state index in [-0.39, 0.29) is 4.90 Å². The third kappa shape index (κ3) is 2.34. The molecular formula is C18H15FN2O2S. The van der Waals surface area contributed by atoms with E-state index in [1.54, 1.807) is 0 Å². The van der Waals surface area contributed by atoms with Crippen LogP contribution in [0.1, 0.15) is 11.1 Å². The highest BCUT2D eigenvalue weighted by atomic mass is 32.2. The van der Waals surface area contributed by atoms with Crippen molar-refractivity contribution in [3.63, 3.8) is 0 Å². The Hall–Kier alpha value is -2.47. The lowest BCUT2D eigenvalue weighted by atomic mass is 10.1. The Balaban J connectivity index is 1.84. The number of anilines is 1. The number of fused-ring (bicyclic) bond motifs is 2. The van der Waals surface area contributed by atoms with Crippen molar-refractivity contribution >= 4 is 26.7 Å². The largest absolute Gasteiger partial charge is 0.265 e. The van der Waals surface area contributed by atoms with Crippen molar-refractivity contribution in [3.8, 4) is 0 Å². The molecule has 0 saturated heterocycles. The first-order valence-electron chi connectivity index (χ1n) is 7.64. The van der Waals surface area contributed by atoms with Gasteiger partial charge in [-0.3, -0.25) is 0 Å².